The minimum atomic E-state index is -0.104. The number of fused-ring (bicyclic) bond motifs is 18. The number of anilines is 3. The fourth-order valence-electron chi connectivity index (χ4n) is 11.1. The maximum Gasteiger partial charge on any atom is 0.333 e. The van der Waals surface area contributed by atoms with Crippen LogP contribution >= 0.6 is 0 Å². The van der Waals surface area contributed by atoms with Gasteiger partial charge in [-0.15, -0.1) is 0 Å². The first-order valence-electron chi connectivity index (χ1n) is 19.2. The van der Waals surface area contributed by atoms with Crippen LogP contribution in [0, 0.1) is 13.8 Å². The number of benzene rings is 8. The van der Waals surface area contributed by atoms with E-state index < -0.39 is 0 Å². The van der Waals surface area contributed by atoms with Gasteiger partial charge in [-0.2, -0.15) is 0 Å². The molecule has 12 aromatic rings. The summed E-state index contributed by atoms with van der Waals surface area (Å²) in [6.07, 6.45) is 0. The van der Waals surface area contributed by atoms with Gasteiger partial charge in [-0.1, -0.05) is 109 Å². The predicted molar refractivity (Wildman–Crippen MR) is 231 cm³/mol. The van der Waals surface area contributed by atoms with Crippen molar-refractivity contribution in [3.05, 3.63) is 157 Å². The van der Waals surface area contributed by atoms with Gasteiger partial charge in [0, 0.05) is 77.1 Å². The molecule has 6 heterocycles. The number of aromatic nitrogens is 2. The zero-order valence-electron chi connectivity index (χ0n) is 30.2. The van der Waals surface area contributed by atoms with Gasteiger partial charge in [0.1, 0.15) is 11.2 Å². The van der Waals surface area contributed by atoms with Gasteiger partial charge in [0.2, 0.25) is 0 Å². The van der Waals surface area contributed by atoms with Gasteiger partial charge in [-0.3, -0.25) is 0 Å². The van der Waals surface area contributed by atoms with E-state index >= 15 is 0 Å². The van der Waals surface area contributed by atoms with Gasteiger partial charge in [-0.25, -0.2) is 0 Å². The topological polar surface area (TPSA) is 25.7 Å². The molecule has 0 saturated carbocycles. The maximum absolute atomic E-state index is 6.87. The number of para-hydroxylation sites is 6. The third-order valence-electron chi connectivity index (χ3n) is 13.0. The second-order valence-corrected chi connectivity index (χ2v) is 15.7. The first kappa shape index (κ1) is 28.5. The van der Waals surface area contributed by atoms with Crippen LogP contribution in [0.4, 0.5) is 17.1 Å². The molecule has 0 atom stereocenters. The van der Waals surface area contributed by atoms with E-state index in [4.69, 9.17) is 4.42 Å². The Morgan fingerprint density at radius 3 is 1.89 bits per heavy atom. The minimum Gasteiger partial charge on any atom is -0.456 e. The van der Waals surface area contributed by atoms with Gasteiger partial charge in [0.05, 0.1) is 22.2 Å². The van der Waals surface area contributed by atoms with E-state index in [0.29, 0.717) is 0 Å². The van der Waals surface area contributed by atoms with Crippen LogP contribution in [0.1, 0.15) is 11.1 Å². The molecule has 0 spiro atoms. The van der Waals surface area contributed by atoms with Crippen molar-refractivity contribution in [2.24, 2.45) is 0 Å². The van der Waals surface area contributed by atoms with Crippen molar-refractivity contribution in [1.29, 1.82) is 0 Å². The largest absolute Gasteiger partial charge is 0.456 e. The number of aryl methyl sites for hydroxylation is 2. The molecule has 14 rings (SSSR count). The monoisotopic (exact) mass is 699 g/mol. The van der Waals surface area contributed by atoms with Crippen molar-refractivity contribution in [2.45, 2.75) is 13.8 Å². The summed E-state index contributed by atoms with van der Waals surface area (Å²) >= 11 is 0. The molecule has 0 N–H and O–H groups in total. The van der Waals surface area contributed by atoms with Crippen LogP contribution in [0.2, 0.25) is 0 Å². The highest BCUT2D eigenvalue weighted by atomic mass is 16.3. The third-order valence-corrected chi connectivity index (χ3v) is 13.0. The van der Waals surface area contributed by atoms with Crippen LogP contribution in [-0.2, 0) is 0 Å². The Morgan fingerprint density at radius 2 is 1.09 bits per heavy atom. The summed E-state index contributed by atoms with van der Waals surface area (Å²) in [7, 11) is 0. The molecule has 0 amide bonds. The summed E-state index contributed by atoms with van der Waals surface area (Å²) in [5.74, 6) is 0. The molecular formula is C50H30BN3O. The lowest BCUT2D eigenvalue weighted by molar-refractivity contribution is 0.669. The first-order chi connectivity index (χ1) is 27.2. The smallest absolute Gasteiger partial charge is 0.333 e. The number of hydrogen-bond acceptors (Lipinski definition) is 2. The number of nitrogens with zero attached hydrogens (tertiary/aromatic N) is 3. The molecule has 2 aliphatic rings. The van der Waals surface area contributed by atoms with E-state index in [1.165, 1.54) is 116 Å². The van der Waals surface area contributed by atoms with Crippen molar-refractivity contribution in [3.8, 4) is 11.1 Å². The van der Waals surface area contributed by atoms with Crippen LogP contribution in [0.5, 0.6) is 0 Å². The molecule has 0 bridgehead atoms. The Bertz CT molecular complexity index is 3690. The summed E-state index contributed by atoms with van der Waals surface area (Å²) in [6, 6.07) is 54.1. The predicted octanol–water partition coefficient (Wildman–Crippen LogP) is 11.9. The van der Waals surface area contributed by atoms with Crippen molar-refractivity contribution < 1.29 is 4.42 Å². The van der Waals surface area contributed by atoms with Gasteiger partial charge < -0.3 is 18.2 Å². The van der Waals surface area contributed by atoms with Crippen LogP contribution < -0.4 is 15.8 Å². The third kappa shape index (κ3) is 3.18. The highest BCUT2D eigenvalue weighted by molar-refractivity contribution is 6.92. The number of furan rings is 1. The zero-order chi connectivity index (χ0) is 35.8. The molecule has 55 heavy (non-hydrogen) atoms. The van der Waals surface area contributed by atoms with Crippen LogP contribution in [0.15, 0.2) is 150 Å². The lowest BCUT2D eigenvalue weighted by atomic mass is 9.44. The van der Waals surface area contributed by atoms with Crippen LogP contribution in [-0.4, -0.2) is 15.7 Å². The standard InChI is InChI=1S/C50H30BN3O/c1-27-13-11-14-28(2)48(27)53-39-25-35-30-16-3-7-21-36(30)52-37-22-8-5-17-32(37)45(50(35)52)47(39)51-46-40(53)26-42-43(33-18-6-10-24-41(33)55-42)44(46)34-20-12-19-31-29-15-4-9-23-38(29)54(51)49(31)34/h3-26H,1-2H3. The van der Waals surface area contributed by atoms with Crippen molar-refractivity contribution >= 4 is 117 Å². The fourth-order valence-corrected chi connectivity index (χ4v) is 11.1. The number of rotatable bonds is 1. The molecule has 0 unspecified atom stereocenters. The Hall–Kier alpha value is -6.98. The maximum atomic E-state index is 6.87. The van der Waals surface area contributed by atoms with Gasteiger partial charge >= 0.3 is 6.85 Å². The zero-order valence-corrected chi connectivity index (χ0v) is 30.2. The molecule has 0 radical (unpaired) electrons. The summed E-state index contributed by atoms with van der Waals surface area (Å²) in [6.45, 7) is 4.42. The van der Waals surface area contributed by atoms with E-state index in [1.54, 1.807) is 0 Å². The molecule has 0 saturated heterocycles. The molecule has 0 aliphatic carbocycles. The lowest BCUT2D eigenvalue weighted by Gasteiger charge is -2.42. The average Bonchev–Trinajstić information content (AvgIpc) is 3.96. The second kappa shape index (κ2) is 9.57. The fraction of sp³-hybridized carbons (Fsp3) is 0.0400. The van der Waals surface area contributed by atoms with Crippen LogP contribution in [0.3, 0.4) is 0 Å². The van der Waals surface area contributed by atoms with Gasteiger partial charge in [0.15, 0.2) is 0 Å². The number of hydrogen-bond donors (Lipinski definition) is 0. The highest BCUT2D eigenvalue weighted by Crippen LogP contribution is 2.52. The lowest BCUT2D eigenvalue weighted by Crippen LogP contribution is -2.57. The van der Waals surface area contributed by atoms with E-state index in [9.17, 15) is 0 Å². The summed E-state index contributed by atoms with van der Waals surface area (Å²) in [5, 5.41) is 10.1. The van der Waals surface area contributed by atoms with Crippen molar-refractivity contribution in [3.63, 3.8) is 0 Å². The summed E-state index contributed by atoms with van der Waals surface area (Å²) in [4.78, 5) is 2.60. The molecule has 5 heteroatoms. The van der Waals surface area contributed by atoms with Crippen molar-refractivity contribution in [1.82, 2.24) is 8.88 Å². The average molecular weight is 700 g/mol. The Balaban J connectivity index is 1.31. The van der Waals surface area contributed by atoms with Crippen molar-refractivity contribution in [2.75, 3.05) is 4.90 Å². The summed E-state index contributed by atoms with van der Waals surface area (Å²) < 4.78 is 12.1. The Morgan fingerprint density at radius 1 is 0.473 bits per heavy atom. The molecule has 0 fully saturated rings. The van der Waals surface area contributed by atoms with E-state index in [1.807, 2.05) is 0 Å². The Kier molecular flexibility index (Phi) is 4.96. The molecule has 4 nitrogen and oxygen atoms in total. The SMILES string of the molecule is Cc1cccc(C)c1N1c2cc3oc4ccccc4c3c3c2B(c2c1cc1c4ccccc4n4c5ccccc5c2c14)n1c2ccccc2c2cccc-3c21. The van der Waals surface area contributed by atoms with Gasteiger partial charge in [0.25, 0.3) is 0 Å². The van der Waals surface area contributed by atoms with Gasteiger partial charge in [-0.05, 0) is 71.8 Å². The second-order valence-electron chi connectivity index (χ2n) is 15.7. The normalized spacial score (nSPS) is 13.6. The molecule has 254 valence electrons. The Labute approximate surface area is 315 Å². The van der Waals surface area contributed by atoms with E-state index in [0.717, 1.165) is 16.6 Å². The molecule has 8 aromatic carbocycles. The first-order valence-corrected chi connectivity index (χ1v) is 19.2. The van der Waals surface area contributed by atoms with Crippen LogP contribution in [0.25, 0.3) is 93.0 Å². The van der Waals surface area contributed by atoms with E-state index in [2.05, 4.69) is 173 Å². The minimum absolute atomic E-state index is 0.104. The summed E-state index contributed by atoms with van der Waals surface area (Å²) in [5.41, 5.74) is 19.5. The highest BCUT2D eigenvalue weighted by Gasteiger charge is 2.46. The molecular weight excluding hydrogens is 669 g/mol. The molecule has 2 aliphatic heterocycles. The quantitative estimate of drug-likeness (QED) is 0.159. The molecule has 4 aromatic heterocycles. The van der Waals surface area contributed by atoms with E-state index in [-0.39, 0.29) is 6.85 Å².